The Morgan fingerprint density at radius 1 is 0.956 bits per heavy atom. The van der Waals surface area contributed by atoms with Crippen molar-refractivity contribution in [1.29, 1.82) is 0 Å². The number of halogens is 1. The molecule has 0 radical (unpaired) electrons. The first-order valence-electron chi connectivity index (χ1n) is 15.1. The quantitative estimate of drug-likeness (QED) is 0.299. The highest BCUT2D eigenvalue weighted by molar-refractivity contribution is 7.89. The van der Waals surface area contributed by atoms with Gasteiger partial charge in [0.25, 0.3) is 5.91 Å². The van der Waals surface area contributed by atoms with Gasteiger partial charge in [0.1, 0.15) is 11.8 Å². The van der Waals surface area contributed by atoms with Gasteiger partial charge in [-0.05, 0) is 60.4 Å². The lowest BCUT2D eigenvalue weighted by atomic mass is 10.0. The van der Waals surface area contributed by atoms with E-state index in [2.05, 4.69) is 5.32 Å². The molecule has 0 spiro atoms. The molecule has 10 nitrogen and oxygen atoms in total. The Morgan fingerprint density at radius 2 is 1.67 bits per heavy atom. The van der Waals surface area contributed by atoms with Crippen LogP contribution in [-0.4, -0.2) is 87.6 Å². The number of morpholine rings is 1. The average Bonchev–Trinajstić information content (AvgIpc) is 3.60. The zero-order valence-corrected chi connectivity index (χ0v) is 26.5. The molecule has 12 heteroatoms. The predicted octanol–water partition coefficient (Wildman–Crippen LogP) is 3.68. The Balaban J connectivity index is 1.33. The second-order valence-electron chi connectivity index (χ2n) is 11.0. The van der Waals surface area contributed by atoms with Gasteiger partial charge in [-0.15, -0.1) is 0 Å². The average molecular weight is 656 g/mol. The molecule has 2 aliphatic heterocycles. The highest BCUT2D eigenvalue weighted by Crippen LogP contribution is 2.22. The van der Waals surface area contributed by atoms with Gasteiger partial charge in [0.15, 0.2) is 6.61 Å². The molecule has 0 aliphatic carbocycles. The van der Waals surface area contributed by atoms with Gasteiger partial charge >= 0.3 is 0 Å². The number of benzene rings is 3. The van der Waals surface area contributed by atoms with E-state index < -0.39 is 22.0 Å². The SMILES string of the molecule is O=C(NCC1CCCO1)C(Cc1ccccc1)N(Cc1ccc(Cl)cc1)C(=O)COc1ccc(S(=O)(=O)N2CCOCC2)cc1. The third kappa shape index (κ3) is 9.05. The van der Waals surface area contributed by atoms with Crippen molar-refractivity contribution >= 4 is 33.4 Å². The summed E-state index contributed by atoms with van der Waals surface area (Å²) in [7, 11) is -3.66. The Labute approximate surface area is 269 Å². The summed E-state index contributed by atoms with van der Waals surface area (Å²) in [5, 5.41) is 3.57. The van der Waals surface area contributed by atoms with Gasteiger partial charge in [-0.25, -0.2) is 8.42 Å². The largest absolute Gasteiger partial charge is 0.484 e. The molecule has 240 valence electrons. The number of amides is 2. The van der Waals surface area contributed by atoms with E-state index >= 15 is 0 Å². The lowest BCUT2D eigenvalue weighted by Gasteiger charge is -2.32. The highest BCUT2D eigenvalue weighted by Gasteiger charge is 2.32. The summed E-state index contributed by atoms with van der Waals surface area (Å²) in [4.78, 5) is 29.3. The van der Waals surface area contributed by atoms with Crippen molar-refractivity contribution in [1.82, 2.24) is 14.5 Å². The van der Waals surface area contributed by atoms with Crippen LogP contribution in [0.5, 0.6) is 5.75 Å². The molecule has 2 saturated heterocycles. The van der Waals surface area contributed by atoms with Gasteiger partial charge < -0.3 is 24.4 Å². The molecular formula is C33H38ClN3O7S. The van der Waals surface area contributed by atoms with Crippen LogP contribution in [-0.2, 0) is 42.1 Å². The molecule has 2 unspecified atom stereocenters. The van der Waals surface area contributed by atoms with Crippen LogP contribution in [0.2, 0.25) is 5.02 Å². The van der Waals surface area contributed by atoms with Gasteiger partial charge in [-0.3, -0.25) is 9.59 Å². The van der Waals surface area contributed by atoms with Crippen molar-refractivity contribution in [3.63, 3.8) is 0 Å². The van der Waals surface area contributed by atoms with E-state index in [0.717, 1.165) is 24.0 Å². The minimum Gasteiger partial charge on any atom is -0.484 e. The first-order chi connectivity index (χ1) is 21.8. The molecule has 0 saturated carbocycles. The summed E-state index contributed by atoms with van der Waals surface area (Å²) in [5.41, 5.74) is 1.71. The molecule has 3 aromatic rings. The third-order valence-electron chi connectivity index (χ3n) is 7.86. The fourth-order valence-electron chi connectivity index (χ4n) is 5.35. The van der Waals surface area contributed by atoms with E-state index in [-0.39, 0.29) is 30.1 Å². The fourth-order valence-corrected chi connectivity index (χ4v) is 6.88. The topological polar surface area (TPSA) is 114 Å². The van der Waals surface area contributed by atoms with Gasteiger partial charge in [0.05, 0.1) is 24.2 Å². The first kappa shape index (κ1) is 32.9. The monoisotopic (exact) mass is 655 g/mol. The number of rotatable bonds is 13. The molecule has 0 bridgehead atoms. The van der Waals surface area contributed by atoms with Crippen LogP contribution >= 0.6 is 11.6 Å². The number of hydrogen-bond acceptors (Lipinski definition) is 7. The van der Waals surface area contributed by atoms with Crippen LogP contribution in [0.4, 0.5) is 0 Å². The zero-order valence-electron chi connectivity index (χ0n) is 25.0. The number of sulfonamides is 1. The molecular weight excluding hydrogens is 618 g/mol. The first-order valence-corrected chi connectivity index (χ1v) is 16.9. The van der Waals surface area contributed by atoms with E-state index in [1.165, 1.54) is 33.5 Å². The second kappa shape index (κ2) is 15.7. The number of ether oxygens (including phenoxy) is 3. The molecule has 2 amide bonds. The van der Waals surface area contributed by atoms with Crippen molar-refractivity contribution in [2.45, 2.75) is 42.8 Å². The molecule has 5 rings (SSSR count). The maximum absolute atomic E-state index is 13.9. The maximum atomic E-state index is 13.9. The highest BCUT2D eigenvalue weighted by atomic mass is 35.5. The van der Waals surface area contributed by atoms with E-state index in [1.54, 1.807) is 12.1 Å². The van der Waals surface area contributed by atoms with Crippen LogP contribution in [0.25, 0.3) is 0 Å². The van der Waals surface area contributed by atoms with E-state index in [1.807, 2.05) is 42.5 Å². The van der Waals surface area contributed by atoms with Crippen molar-refractivity contribution in [3.05, 3.63) is 95.0 Å². The Bertz CT molecular complexity index is 1510. The minimum atomic E-state index is -3.66. The molecule has 0 aromatic heterocycles. The van der Waals surface area contributed by atoms with Gasteiger partial charge in [0, 0.05) is 44.2 Å². The van der Waals surface area contributed by atoms with E-state index in [9.17, 15) is 18.0 Å². The van der Waals surface area contributed by atoms with Crippen molar-refractivity contribution < 1.29 is 32.2 Å². The maximum Gasteiger partial charge on any atom is 0.261 e. The Kier molecular flexibility index (Phi) is 11.5. The number of nitrogens with one attached hydrogen (secondary N) is 1. The molecule has 2 fully saturated rings. The van der Waals surface area contributed by atoms with Crippen LogP contribution in [0.15, 0.2) is 83.8 Å². The molecule has 45 heavy (non-hydrogen) atoms. The van der Waals surface area contributed by atoms with Crippen LogP contribution in [0.1, 0.15) is 24.0 Å². The van der Waals surface area contributed by atoms with Crippen LogP contribution in [0, 0.1) is 0 Å². The summed E-state index contributed by atoms with van der Waals surface area (Å²) in [5.74, 6) is -0.351. The van der Waals surface area contributed by atoms with Gasteiger partial charge in [0.2, 0.25) is 15.9 Å². The zero-order chi connectivity index (χ0) is 31.6. The third-order valence-corrected chi connectivity index (χ3v) is 10.0. The summed E-state index contributed by atoms with van der Waals surface area (Å²) >= 11 is 6.11. The molecule has 2 aliphatic rings. The summed E-state index contributed by atoms with van der Waals surface area (Å²) in [6, 6.07) is 21.8. The number of hydrogen-bond donors (Lipinski definition) is 1. The van der Waals surface area contributed by atoms with Crippen molar-refractivity contribution in [2.24, 2.45) is 0 Å². The second-order valence-corrected chi connectivity index (χ2v) is 13.4. The molecule has 2 heterocycles. The number of carbonyl (C=O) groups excluding carboxylic acids is 2. The van der Waals surface area contributed by atoms with E-state index in [4.69, 9.17) is 25.8 Å². The van der Waals surface area contributed by atoms with E-state index in [0.29, 0.717) is 56.6 Å². The summed E-state index contributed by atoms with van der Waals surface area (Å²) in [6.07, 6.45) is 2.07. The smallest absolute Gasteiger partial charge is 0.261 e. The Morgan fingerprint density at radius 3 is 2.33 bits per heavy atom. The lowest BCUT2D eigenvalue weighted by Crippen LogP contribution is -2.52. The van der Waals surface area contributed by atoms with Crippen molar-refractivity contribution in [3.8, 4) is 5.75 Å². The summed E-state index contributed by atoms with van der Waals surface area (Å²) < 4.78 is 44.2. The minimum absolute atomic E-state index is 0.0508. The summed E-state index contributed by atoms with van der Waals surface area (Å²) in [6.45, 7) is 2.14. The van der Waals surface area contributed by atoms with Gasteiger partial charge in [-0.1, -0.05) is 54.1 Å². The number of nitrogens with zero attached hydrogens (tertiary/aromatic N) is 2. The van der Waals surface area contributed by atoms with Gasteiger partial charge in [-0.2, -0.15) is 4.31 Å². The molecule has 3 aromatic carbocycles. The van der Waals surface area contributed by atoms with Crippen LogP contribution < -0.4 is 10.1 Å². The molecule has 2 atom stereocenters. The molecule has 1 N–H and O–H groups in total. The van der Waals surface area contributed by atoms with Crippen LogP contribution in [0.3, 0.4) is 0 Å². The van der Waals surface area contributed by atoms with Crippen molar-refractivity contribution in [2.75, 3.05) is 46.1 Å². The fraction of sp³-hybridized carbons (Fsp3) is 0.394. The standard InChI is InChI=1S/C33H38ClN3O7S/c34-27-10-8-26(9-11-27)23-37(31(21-25-5-2-1-3-6-25)33(39)35-22-29-7-4-18-43-29)32(38)24-44-28-12-14-30(15-13-28)45(40,41)36-16-19-42-20-17-36/h1-3,5-6,8-15,29,31H,4,7,16-24H2,(H,35,39). The predicted molar refractivity (Wildman–Crippen MR) is 169 cm³/mol. The normalized spacial score (nSPS) is 17.8. The lowest BCUT2D eigenvalue weighted by molar-refractivity contribution is -0.143. The Hall–Kier alpha value is -3.48. The number of carbonyl (C=O) groups is 2.